The maximum atomic E-state index is 4.62. The van der Waals surface area contributed by atoms with Crippen LogP contribution in [-0.2, 0) is 6.54 Å². The summed E-state index contributed by atoms with van der Waals surface area (Å²) in [6, 6.07) is 12.2. The molecule has 1 aromatic carbocycles. The first-order valence-electron chi connectivity index (χ1n) is 8.13. The lowest BCUT2D eigenvalue weighted by Gasteiger charge is -2.23. The molecule has 0 amide bonds. The molecule has 0 saturated carbocycles. The molecule has 2 aromatic rings. The third-order valence-electron chi connectivity index (χ3n) is 4.28. The van der Waals surface area contributed by atoms with Gasteiger partial charge in [0.25, 0.3) is 0 Å². The molecule has 23 heavy (non-hydrogen) atoms. The number of nitrogens with one attached hydrogen (secondary N) is 1. The van der Waals surface area contributed by atoms with E-state index >= 15 is 0 Å². The Morgan fingerprint density at radius 2 is 2.04 bits per heavy atom. The summed E-state index contributed by atoms with van der Waals surface area (Å²) in [5.41, 5.74) is 2.45. The zero-order valence-electron chi connectivity index (χ0n) is 14.2. The molecular weight excluding hydrogens is 286 g/mol. The second-order valence-corrected chi connectivity index (χ2v) is 6.82. The molecule has 1 fully saturated rings. The van der Waals surface area contributed by atoms with Gasteiger partial charge in [-0.15, -0.1) is 0 Å². The molecule has 0 unspecified atom stereocenters. The van der Waals surface area contributed by atoms with Gasteiger partial charge in [0.1, 0.15) is 0 Å². The Morgan fingerprint density at radius 1 is 1.26 bits per heavy atom. The quantitative estimate of drug-likeness (QED) is 0.700. The van der Waals surface area contributed by atoms with Crippen LogP contribution in [0.1, 0.15) is 26.0 Å². The summed E-state index contributed by atoms with van der Waals surface area (Å²) < 4.78 is 1.90. The van der Waals surface area contributed by atoms with Crippen LogP contribution in [0.25, 0.3) is 5.69 Å². The van der Waals surface area contributed by atoms with Crippen LogP contribution >= 0.6 is 0 Å². The van der Waals surface area contributed by atoms with Crippen LogP contribution in [0.3, 0.4) is 0 Å². The van der Waals surface area contributed by atoms with Crippen LogP contribution < -0.4 is 5.32 Å². The molecule has 0 bridgehead atoms. The second kappa shape index (κ2) is 6.44. The fourth-order valence-corrected chi connectivity index (χ4v) is 2.98. The molecule has 122 valence electrons. The van der Waals surface area contributed by atoms with Crippen LogP contribution in [0.15, 0.2) is 47.6 Å². The van der Waals surface area contributed by atoms with E-state index in [0.29, 0.717) is 12.0 Å². The van der Waals surface area contributed by atoms with Crippen molar-refractivity contribution < 1.29 is 0 Å². The zero-order valence-corrected chi connectivity index (χ0v) is 14.2. The monoisotopic (exact) mass is 311 g/mol. The number of hydrogen-bond donors (Lipinski definition) is 1. The van der Waals surface area contributed by atoms with Gasteiger partial charge in [0, 0.05) is 26.3 Å². The minimum absolute atomic E-state index is 0.368. The Hall–Kier alpha value is -2.30. The summed E-state index contributed by atoms with van der Waals surface area (Å²) >= 11 is 0. The van der Waals surface area contributed by atoms with E-state index < -0.39 is 0 Å². The van der Waals surface area contributed by atoms with Crippen molar-refractivity contribution in [2.75, 3.05) is 20.1 Å². The van der Waals surface area contributed by atoms with Crippen LogP contribution in [0.5, 0.6) is 0 Å². The lowest BCUT2D eigenvalue weighted by Crippen LogP contribution is -2.40. The molecule has 3 rings (SSSR count). The van der Waals surface area contributed by atoms with Crippen molar-refractivity contribution in [2.45, 2.75) is 26.8 Å². The first-order chi connectivity index (χ1) is 11.1. The van der Waals surface area contributed by atoms with Gasteiger partial charge in [-0.05, 0) is 30.0 Å². The van der Waals surface area contributed by atoms with Crippen LogP contribution in [0.2, 0.25) is 0 Å². The fourth-order valence-electron chi connectivity index (χ4n) is 2.98. The standard InChI is InChI=1S/C18H25N5/c1-18(2)10-12-22(14-18)17(19-3)20-13-15-9-11-23(21-15)16-7-5-4-6-8-16/h4-9,11H,10,12-14H2,1-3H3,(H,19,20). The highest BCUT2D eigenvalue weighted by atomic mass is 15.3. The van der Waals surface area contributed by atoms with Crippen LogP contribution in [0, 0.1) is 5.41 Å². The van der Waals surface area contributed by atoms with Crippen molar-refractivity contribution in [2.24, 2.45) is 10.4 Å². The molecule has 0 spiro atoms. The Morgan fingerprint density at radius 3 is 2.70 bits per heavy atom. The van der Waals surface area contributed by atoms with Gasteiger partial charge in [-0.25, -0.2) is 4.68 Å². The number of rotatable bonds is 3. The molecule has 1 saturated heterocycles. The Labute approximate surface area is 138 Å². The maximum absolute atomic E-state index is 4.62. The molecule has 5 heteroatoms. The van der Waals surface area contributed by atoms with E-state index in [1.54, 1.807) is 0 Å². The van der Waals surface area contributed by atoms with E-state index in [9.17, 15) is 0 Å². The third-order valence-corrected chi connectivity index (χ3v) is 4.28. The zero-order chi connectivity index (χ0) is 16.3. The largest absolute Gasteiger partial charge is 0.351 e. The summed E-state index contributed by atoms with van der Waals surface area (Å²) in [5.74, 6) is 0.963. The van der Waals surface area contributed by atoms with Crippen molar-refractivity contribution in [1.29, 1.82) is 0 Å². The third kappa shape index (κ3) is 3.73. The van der Waals surface area contributed by atoms with E-state index in [4.69, 9.17) is 0 Å². The van der Waals surface area contributed by atoms with Gasteiger partial charge in [-0.2, -0.15) is 5.10 Å². The van der Waals surface area contributed by atoms with Gasteiger partial charge < -0.3 is 10.2 Å². The van der Waals surface area contributed by atoms with Crippen molar-refractivity contribution in [3.8, 4) is 5.69 Å². The molecule has 0 radical (unpaired) electrons. The highest BCUT2D eigenvalue weighted by Crippen LogP contribution is 2.28. The van der Waals surface area contributed by atoms with E-state index in [0.717, 1.165) is 30.4 Å². The number of hydrogen-bond acceptors (Lipinski definition) is 2. The molecule has 0 atom stereocenters. The molecule has 5 nitrogen and oxygen atoms in total. The molecule has 1 aliphatic rings. The summed E-state index contributed by atoms with van der Waals surface area (Å²) in [5, 5.41) is 8.05. The average molecular weight is 311 g/mol. The lowest BCUT2D eigenvalue weighted by molar-refractivity contribution is 0.370. The SMILES string of the molecule is CN=C(NCc1ccn(-c2ccccc2)n1)N1CCC(C)(C)C1. The van der Waals surface area contributed by atoms with Gasteiger partial charge in [-0.3, -0.25) is 4.99 Å². The molecule has 1 aliphatic heterocycles. The number of aromatic nitrogens is 2. The van der Waals surface area contributed by atoms with Crippen molar-refractivity contribution in [3.63, 3.8) is 0 Å². The number of guanidine groups is 1. The predicted octanol–water partition coefficient (Wildman–Crippen LogP) is 2.68. The van der Waals surface area contributed by atoms with Crippen molar-refractivity contribution in [3.05, 3.63) is 48.3 Å². The van der Waals surface area contributed by atoms with Gasteiger partial charge in [0.05, 0.1) is 17.9 Å². The number of para-hydroxylation sites is 1. The number of likely N-dealkylation sites (tertiary alicyclic amines) is 1. The highest BCUT2D eigenvalue weighted by molar-refractivity contribution is 5.80. The van der Waals surface area contributed by atoms with Crippen LogP contribution in [-0.4, -0.2) is 40.8 Å². The van der Waals surface area contributed by atoms with E-state index in [2.05, 4.69) is 46.3 Å². The summed E-state index contributed by atoms with van der Waals surface area (Å²) in [7, 11) is 1.84. The molecule has 2 heterocycles. The Bertz CT molecular complexity index is 672. The minimum atomic E-state index is 0.368. The molecule has 0 aliphatic carbocycles. The van der Waals surface area contributed by atoms with E-state index in [1.165, 1.54) is 6.42 Å². The smallest absolute Gasteiger partial charge is 0.193 e. The number of benzene rings is 1. The summed E-state index contributed by atoms with van der Waals surface area (Å²) in [4.78, 5) is 6.74. The topological polar surface area (TPSA) is 45.5 Å². The average Bonchev–Trinajstić information content (AvgIpc) is 3.16. The lowest BCUT2D eigenvalue weighted by atomic mass is 9.93. The van der Waals surface area contributed by atoms with Gasteiger partial charge >= 0.3 is 0 Å². The maximum Gasteiger partial charge on any atom is 0.193 e. The van der Waals surface area contributed by atoms with Crippen molar-refractivity contribution in [1.82, 2.24) is 20.0 Å². The normalized spacial score (nSPS) is 17.5. The molecular formula is C18H25N5. The van der Waals surface area contributed by atoms with Crippen LogP contribution in [0.4, 0.5) is 0 Å². The number of aliphatic imine (C=N–C) groups is 1. The fraction of sp³-hybridized carbons (Fsp3) is 0.444. The first-order valence-corrected chi connectivity index (χ1v) is 8.13. The van der Waals surface area contributed by atoms with Crippen molar-refractivity contribution >= 4 is 5.96 Å². The summed E-state index contributed by atoms with van der Waals surface area (Å²) in [6.45, 7) is 7.41. The predicted molar refractivity (Wildman–Crippen MR) is 93.7 cm³/mol. The van der Waals surface area contributed by atoms with E-state index in [1.807, 2.05) is 42.2 Å². The Balaban J connectivity index is 1.61. The van der Waals surface area contributed by atoms with Gasteiger partial charge in [0.15, 0.2) is 5.96 Å². The second-order valence-electron chi connectivity index (χ2n) is 6.82. The highest BCUT2D eigenvalue weighted by Gasteiger charge is 2.30. The van der Waals surface area contributed by atoms with Gasteiger partial charge in [0.2, 0.25) is 0 Å². The van der Waals surface area contributed by atoms with Gasteiger partial charge in [-0.1, -0.05) is 32.0 Å². The molecule has 1 N–H and O–H groups in total. The molecule has 1 aromatic heterocycles. The Kier molecular flexibility index (Phi) is 4.37. The summed E-state index contributed by atoms with van der Waals surface area (Å²) in [6.07, 6.45) is 3.20. The van der Waals surface area contributed by atoms with E-state index in [-0.39, 0.29) is 0 Å². The first kappa shape index (κ1) is 15.6. The minimum Gasteiger partial charge on any atom is -0.351 e. The number of nitrogens with zero attached hydrogens (tertiary/aromatic N) is 4.